The largest absolute Gasteiger partial charge is 0.550 e. The van der Waals surface area contributed by atoms with Gasteiger partial charge >= 0.3 is 5.38 Å². The average Bonchev–Trinajstić information content (AvgIpc) is 1.97. The van der Waals surface area contributed by atoms with E-state index in [9.17, 15) is 23.1 Å². The van der Waals surface area contributed by atoms with Crippen LogP contribution in [0.25, 0.3) is 0 Å². The van der Waals surface area contributed by atoms with Crippen LogP contribution in [0.2, 0.25) is 0 Å². The van der Waals surface area contributed by atoms with Crippen molar-refractivity contribution in [3.8, 4) is 0 Å². The van der Waals surface area contributed by atoms with Crippen molar-refractivity contribution in [3.05, 3.63) is 0 Å². The summed E-state index contributed by atoms with van der Waals surface area (Å²) in [4.78, 5) is 10.4. The summed E-state index contributed by atoms with van der Waals surface area (Å²) in [5, 5.41) is 1.34. The molecule has 0 aliphatic rings. The minimum Gasteiger partial charge on any atom is -0.550 e. The number of halogens is 6. The molecule has 8 heteroatoms. The van der Waals surface area contributed by atoms with E-state index in [1.807, 2.05) is 0 Å². The summed E-state index contributed by atoms with van der Waals surface area (Å²) in [6.45, 7) is 2.75. The summed E-state index contributed by atoms with van der Waals surface area (Å²) in [6, 6.07) is 0. The minimum atomic E-state index is -4.29. The molecule has 0 aromatic heterocycles. The van der Waals surface area contributed by atoms with Gasteiger partial charge in [-0.3, -0.25) is 0 Å². The Hall–Kier alpha value is 0.130. The van der Waals surface area contributed by atoms with Gasteiger partial charge in [-0.05, 0) is 23.4 Å². The van der Waals surface area contributed by atoms with E-state index in [-0.39, 0.29) is 0 Å². The summed E-state index contributed by atoms with van der Waals surface area (Å²) < 4.78 is 38.5. The number of carboxylic acid groups (broad SMARTS) is 1. The predicted octanol–water partition coefficient (Wildman–Crippen LogP) is 2.89. The smallest absolute Gasteiger partial charge is 0.369 e. The number of alkyl halides is 6. The highest BCUT2D eigenvalue weighted by Gasteiger charge is 2.54. The van der Waals surface area contributed by atoms with Crippen LogP contribution in [0.15, 0.2) is 0 Å². The van der Waals surface area contributed by atoms with Crippen molar-refractivity contribution in [2.24, 2.45) is 5.41 Å². The van der Waals surface area contributed by atoms with Crippen LogP contribution in [0, 0.1) is 5.41 Å². The van der Waals surface area contributed by atoms with Crippen molar-refractivity contribution in [2.45, 2.75) is 42.6 Å². The Balaban J connectivity index is 4.75. The van der Waals surface area contributed by atoms with Gasteiger partial charge in [-0.2, -0.15) is 8.78 Å². The average molecular weight is 315 g/mol. The molecule has 0 heterocycles. The fourth-order valence-corrected chi connectivity index (χ4v) is 1.70. The zero-order valence-corrected chi connectivity index (χ0v) is 11.3. The second-order valence-electron chi connectivity index (χ2n) is 4.41. The van der Waals surface area contributed by atoms with Gasteiger partial charge in [0.2, 0.25) is 0 Å². The molecule has 0 aromatic carbocycles. The Morgan fingerprint density at radius 3 is 2.00 bits per heavy atom. The lowest BCUT2D eigenvalue weighted by molar-refractivity contribution is -0.308. The molecule has 17 heavy (non-hydrogen) atoms. The van der Waals surface area contributed by atoms with Crippen molar-refractivity contribution in [2.75, 3.05) is 0 Å². The quantitative estimate of drug-likeness (QED) is 0.707. The molecule has 2 atom stereocenters. The first-order valence-electron chi connectivity index (χ1n) is 4.58. The maximum Gasteiger partial charge on any atom is 0.369 e. The zero-order valence-electron chi connectivity index (χ0n) is 9.08. The zero-order chi connectivity index (χ0) is 14.1. The van der Waals surface area contributed by atoms with Crippen LogP contribution in [-0.2, 0) is 4.79 Å². The molecule has 0 radical (unpaired) electrons. The number of carbonyl (C=O) groups is 1. The topological polar surface area (TPSA) is 40.1 Å². The van der Waals surface area contributed by atoms with Gasteiger partial charge in [-0.25, -0.2) is 4.39 Å². The third-order valence-electron chi connectivity index (χ3n) is 2.30. The first-order valence-corrected chi connectivity index (χ1v) is 5.77. The molecule has 0 bridgehead atoms. The van der Waals surface area contributed by atoms with Gasteiger partial charge in [-0.15, -0.1) is 11.6 Å². The van der Waals surface area contributed by atoms with Crippen LogP contribution in [0.1, 0.15) is 26.7 Å². The van der Waals surface area contributed by atoms with Crippen molar-refractivity contribution < 1.29 is 23.1 Å². The lowest BCUT2D eigenvalue weighted by Gasteiger charge is -2.34. The summed E-state index contributed by atoms with van der Waals surface area (Å²) in [7, 11) is 0. The fraction of sp³-hybridized carbons (Fsp3) is 0.889. The Labute approximate surface area is 112 Å². The second kappa shape index (κ2) is 5.41. The van der Waals surface area contributed by atoms with E-state index in [2.05, 4.69) is 11.6 Å². The molecule has 0 aliphatic heterocycles. The number of carboxylic acids is 1. The maximum absolute atomic E-state index is 13.4. The van der Waals surface area contributed by atoms with Gasteiger partial charge in [0.25, 0.3) is 5.13 Å². The summed E-state index contributed by atoms with van der Waals surface area (Å²) in [6.07, 6.45) is -1.51. The van der Waals surface area contributed by atoms with Gasteiger partial charge in [-0.1, -0.05) is 25.4 Å². The molecule has 2 nitrogen and oxygen atoms in total. The SMILES string of the molecule is CC(C)(CC(=O)[O-])C(Cl)CC(F)(Cl)C(F)(F)Cl. The minimum absolute atomic E-state index is 0.512. The van der Waals surface area contributed by atoms with Crippen molar-refractivity contribution in [1.29, 1.82) is 0 Å². The van der Waals surface area contributed by atoms with Gasteiger partial charge in [0.15, 0.2) is 0 Å². The van der Waals surface area contributed by atoms with Crippen LogP contribution >= 0.6 is 34.8 Å². The monoisotopic (exact) mass is 313 g/mol. The third-order valence-corrected chi connectivity index (χ3v) is 3.83. The molecular formula is C9H11Cl3F3O2-. The van der Waals surface area contributed by atoms with E-state index in [0.29, 0.717) is 0 Å². The lowest BCUT2D eigenvalue weighted by atomic mass is 9.83. The lowest BCUT2D eigenvalue weighted by Crippen LogP contribution is -2.42. The van der Waals surface area contributed by atoms with Crippen molar-refractivity contribution in [1.82, 2.24) is 0 Å². The van der Waals surface area contributed by atoms with Gasteiger partial charge in [0.05, 0.1) is 0 Å². The van der Waals surface area contributed by atoms with E-state index < -0.39 is 40.1 Å². The molecule has 2 unspecified atom stereocenters. The highest BCUT2D eigenvalue weighted by atomic mass is 35.5. The van der Waals surface area contributed by atoms with Crippen LogP contribution in [0.4, 0.5) is 13.2 Å². The fourth-order valence-electron chi connectivity index (χ4n) is 1.10. The maximum atomic E-state index is 13.4. The van der Waals surface area contributed by atoms with E-state index in [4.69, 9.17) is 23.2 Å². The molecule has 0 fully saturated rings. The first kappa shape index (κ1) is 17.1. The summed E-state index contributed by atoms with van der Waals surface area (Å²) in [5.41, 5.74) is -1.16. The van der Waals surface area contributed by atoms with Crippen molar-refractivity contribution in [3.63, 3.8) is 0 Å². The number of hydrogen-bond donors (Lipinski definition) is 0. The van der Waals surface area contributed by atoms with Gasteiger partial charge < -0.3 is 9.90 Å². The summed E-state index contributed by atoms with van der Waals surface area (Å²) >= 11 is 15.2. The molecule has 0 amide bonds. The Morgan fingerprint density at radius 1 is 1.29 bits per heavy atom. The van der Waals surface area contributed by atoms with Crippen LogP contribution < -0.4 is 5.11 Å². The van der Waals surface area contributed by atoms with Crippen LogP contribution in [0.3, 0.4) is 0 Å². The number of carbonyl (C=O) groups excluding carboxylic acids is 1. The molecule has 0 rings (SSSR count). The molecule has 0 spiro atoms. The molecule has 0 aromatic rings. The Bertz CT molecular complexity index is 290. The Kier molecular flexibility index (Phi) is 5.45. The highest BCUT2D eigenvalue weighted by Crippen LogP contribution is 2.46. The van der Waals surface area contributed by atoms with Crippen molar-refractivity contribution >= 4 is 40.8 Å². The highest BCUT2D eigenvalue weighted by molar-refractivity contribution is 6.33. The molecule has 0 aliphatic carbocycles. The molecular weight excluding hydrogens is 303 g/mol. The number of hydrogen-bond acceptors (Lipinski definition) is 2. The number of aliphatic carboxylic acids is 1. The molecule has 0 saturated heterocycles. The van der Waals surface area contributed by atoms with Gasteiger partial charge in [0, 0.05) is 17.8 Å². The van der Waals surface area contributed by atoms with E-state index >= 15 is 0 Å². The van der Waals surface area contributed by atoms with Crippen LogP contribution in [-0.4, -0.2) is 21.9 Å². The number of rotatable bonds is 6. The Morgan fingerprint density at radius 2 is 1.71 bits per heavy atom. The summed E-state index contributed by atoms with van der Waals surface area (Å²) in [5.74, 6) is -1.42. The second-order valence-corrected chi connectivity index (χ2v) is 6.01. The standard InChI is InChI=1S/C9H12Cl3F3O2/c1-7(2,4-6(16)17)5(10)3-8(11,13)9(12,14)15/h5H,3-4H2,1-2H3,(H,16,17)/p-1. The first-order chi connectivity index (χ1) is 7.29. The molecule has 102 valence electrons. The third kappa shape index (κ3) is 5.10. The molecule has 0 saturated carbocycles. The van der Waals surface area contributed by atoms with E-state index in [0.717, 1.165) is 0 Å². The normalized spacial score (nSPS) is 18.6. The van der Waals surface area contributed by atoms with E-state index in [1.54, 1.807) is 0 Å². The predicted molar refractivity (Wildman–Crippen MR) is 58.2 cm³/mol. The van der Waals surface area contributed by atoms with Crippen LogP contribution in [0.5, 0.6) is 0 Å². The molecule has 0 N–H and O–H groups in total. The van der Waals surface area contributed by atoms with Gasteiger partial charge in [0.1, 0.15) is 0 Å². The van der Waals surface area contributed by atoms with E-state index in [1.165, 1.54) is 13.8 Å².